The van der Waals surface area contributed by atoms with Gasteiger partial charge < -0.3 is 23.8 Å². The van der Waals surface area contributed by atoms with Gasteiger partial charge in [0.2, 0.25) is 5.76 Å². The summed E-state index contributed by atoms with van der Waals surface area (Å²) < 4.78 is 52.8. The van der Waals surface area contributed by atoms with Crippen molar-refractivity contribution in [2.75, 3.05) is 6.61 Å². The molecule has 4 aromatic heterocycles. The number of hydrogen-bond acceptors (Lipinski definition) is 7. The van der Waals surface area contributed by atoms with E-state index >= 15 is 0 Å². The molecule has 1 aromatic carbocycles. The lowest BCUT2D eigenvalue weighted by molar-refractivity contribution is -0.137. The van der Waals surface area contributed by atoms with E-state index in [2.05, 4.69) is 4.98 Å². The molecular formula is C24H16F3N3O7S. The maximum Gasteiger partial charge on any atom is 0.416 e. The number of carboxylic acids is 1. The molecule has 0 radical (unpaired) electrons. The van der Waals surface area contributed by atoms with Crippen molar-refractivity contribution in [1.29, 1.82) is 0 Å². The molecule has 38 heavy (non-hydrogen) atoms. The number of alkyl halides is 3. The summed E-state index contributed by atoms with van der Waals surface area (Å²) >= 11 is 1.11. The number of halogens is 3. The molecule has 0 fully saturated rings. The number of nitrogens with zero attached hydrogens (tertiary/aromatic N) is 2. The summed E-state index contributed by atoms with van der Waals surface area (Å²) in [6.07, 6.45) is -4.79. The highest BCUT2D eigenvalue weighted by atomic mass is 32.1. The fourth-order valence-corrected chi connectivity index (χ4v) is 4.95. The van der Waals surface area contributed by atoms with Crippen LogP contribution in [0.4, 0.5) is 13.2 Å². The average molecular weight is 547 g/mol. The van der Waals surface area contributed by atoms with E-state index in [1.165, 1.54) is 22.9 Å². The van der Waals surface area contributed by atoms with Gasteiger partial charge in [0, 0.05) is 16.1 Å². The first-order chi connectivity index (χ1) is 18.0. The zero-order chi connectivity index (χ0) is 27.4. The highest BCUT2D eigenvalue weighted by Crippen LogP contribution is 2.36. The summed E-state index contributed by atoms with van der Waals surface area (Å²) in [6.45, 7) is 1.33. The second kappa shape index (κ2) is 9.06. The van der Waals surface area contributed by atoms with Crippen LogP contribution in [-0.2, 0) is 17.5 Å². The van der Waals surface area contributed by atoms with Crippen LogP contribution in [0.15, 0.2) is 55.1 Å². The SMILES string of the molecule is CCOC(=O)c1ccc(Cn2c(C(=O)O)c(-n3c(=O)[nH]c4cscc4c3=O)c3cc(C(F)(F)F)ccc32)o1. The third-order valence-corrected chi connectivity index (χ3v) is 6.53. The molecule has 0 bridgehead atoms. The first-order valence-electron chi connectivity index (χ1n) is 11.0. The Bertz CT molecular complexity index is 1860. The number of H-pyrrole nitrogens is 1. The monoisotopic (exact) mass is 547 g/mol. The van der Waals surface area contributed by atoms with Crippen molar-refractivity contribution in [3.05, 3.63) is 84.7 Å². The Kier molecular flexibility index (Phi) is 5.98. The third-order valence-electron chi connectivity index (χ3n) is 5.78. The van der Waals surface area contributed by atoms with Crippen LogP contribution in [-0.4, -0.2) is 37.8 Å². The molecule has 4 heterocycles. The third kappa shape index (κ3) is 4.08. The number of aromatic carboxylic acids is 1. The highest BCUT2D eigenvalue weighted by molar-refractivity contribution is 7.09. The molecule has 0 saturated carbocycles. The number of carbonyl (C=O) groups is 2. The topological polar surface area (TPSA) is 137 Å². The fourth-order valence-electron chi connectivity index (χ4n) is 4.20. The van der Waals surface area contributed by atoms with Crippen molar-refractivity contribution in [2.24, 2.45) is 0 Å². The number of aromatic amines is 1. The van der Waals surface area contributed by atoms with E-state index in [4.69, 9.17) is 9.15 Å². The number of furan rings is 1. The van der Waals surface area contributed by atoms with Crippen molar-refractivity contribution in [3.63, 3.8) is 0 Å². The van der Waals surface area contributed by atoms with Crippen LogP contribution in [0.3, 0.4) is 0 Å². The number of carboxylic acid groups (broad SMARTS) is 1. The molecule has 0 amide bonds. The molecule has 0 aliphatic heterocycles. The van der Waals surface area contributed by atoms with E-state index in [9.17, 15) is 37.5 Å². The Balaban J connectivity index is 1.82. The molecular weight excluding hydrogens is 531 g/mol. The quantitative estimate of drug-likeness (QED) is 0.304. The minimum atomic E-state index is -4.79. The standard InChI is InChI=1S/C24H16F3N3O7S/c1-2-36-22(34)17-6-4-12(37-17)8-29-16-5-3-11(24(25,26)27)7-13(16)18(19(29)21(32)33)30-20(31)14-9-38-10-15(14)28-23(30)35/h3-7,9-10H,2,8H2,1H3,(H,28,35)(H,32,33). The lowest BCUT2D eigenvalue weighted by atomic mass is 10.1. The first kappa shape index (κ1) is 25.1. The van der Waals surface area contributed by atoms with Gasteiger partial charge in [-0.2, -0.15) is 13.2 Å². The first-order valence-corrected chi connectivity index (χ1v) is 11.9. The molecule has 14 heteroatoms. The van der Waals surface area contributed by atoms with Crippen LogP contribution in [0.5, 0.6) is 0 Å². The Morgan fingerprint density at radius 1 is 1.13 bits per heavy atom. The van der Waals surface area contributed by atoms with Gasteiger partial charge in [-0.1, -0.05) is 0 Å². The van der Waals surface area contributed by atoms with Crippen LogP contribution < -0.4 is 11.2 Å². The molecule has 0 spiro atoms. The second-order valence-corrected chi connectivity index (χ2v) is 8.82. The lowest BCUT2D eigenvalue weighted by Crippen LogP contribution is -2.34. The molecule has 0 atom stereocenters. The number of fused-ring (bicyclic) bond motifs is 2. The Morgan fingerprint density at radius 3 is 2.58 bits per heavy atom. The fraction of sp³-hybridized carbons (Fsp3) is 0.167. The number of hydrogen-bond donors (Lipinski definition) is 2. The Labute approximate surface area is 213 Å². The second-order valence-electron chi connectivity index (χ2n) is 8.07. The van der Waals surface area contributed by atoms with Gasteiger partial charge in [-0.05, 0) is 37.3 Å². The van der Waals surface area contributed by atoms with E-state index in [0.717, 1.165) is 28.0 Å². The summed E-state index contributed by atoms with van der Waals surface area (Å²) in [5.41, 5.74) is -4.00. The summed E-state index contributed by atoms with van der Waals surface area (Å²) in [6, 6.07) is 5.18. The van der Waals surface area contributed by atoms with Crippen LogP contribution in [0, 0.1) is 0 Å². The highest BCUT2D eigenvalue weighted by Gasteiger charge is 2.33. The smallest absolute Gasteiger partial charge is 0.416 e. The van der Waals surface area contributed by atoms with Crippen molar-refractivity contribution < 1.29 is 37.0 Å². The van der Waals surface area contributed by atoms with E-state index in [0.29, 0.717) is 10.6 Å². The maximum atomic E-state index is 13.6. The van der Waals surface area contributed by atoms with Gasteiger partial charge >= 0.3 is 23.8 Å². The van der Waals surface area contributed by atoms with E-state index in [-0.39, 0.29) is 46.5 Å². The molecule has 5 aromatic rings. The van der Waals surface area contributed by atoms with Gasteiger partial charge in [0.15, 0.2) is 5.69 Å². The van der Waals surface area contributed by atoms with Gasteiger partial charge in [0.05, 0.1) is 40.8 Å². The largest absolute Gasteiger partial charge is 0.477 e. The van der Waals surface area contributed by atoms with Crippen molar-refractivity contribution >= 4 is 45.1 Å². The molecule has 0 aliphatic rings. The van der Waals surface area contributed by atoms with Crippen LogP contribution >= 0.6 is 11.3 Å². The number of nitrogens with one attached hydrogen (secondary N) is 1. The number of esters is 1. The minimum Gasteiger partial charge on any atom is -0.477 e. The van der Waals surface area contributed by atoms with Gasteiger partial charge in [-0.15, -0.1) is 11.3 Å². The van der Waals surface area contributed by atoms with Crippen LogP contribution in [0.1, 0.15) is 39.3 Å². The van der Waals surface area contributed by atoms with Crippen molar-refractivity contribution in [1.82, 2.24) is 14.1 Å². The summed E-state index contributed by atoms with van der Waals surface area (Å²) in [5.74, 6) is -2.45. The van der Waals surface area contributed by atoms with Crippen LogP contribution in [0.25, 0.3) is 27.5 Å². The molecule has 5 rings (SSSR count). The molecule has 10 nitrogen and oxygen atoms in total. The zero-order valence-corrected chi connectivity index (χ0v) is 20.1. The number of benzene rings is 1. The zero-order valence-electron chi connectivity index (χ0n) is 19.3. The molecule has 0 aliphatic carbocycles. The number of thiophene rings is 1. The van der Waals surface area contributed by atoms with Crippen molar-refractivity contribution in [2.45, 2.75) is 19.6 Å². The maximum absolute atomic E-state index is 13.6. The van der Waals surface area contributed by atoms with Gasteiger partial charge in [0.1, 0.15) is 5.76 Å². The molecule has 2 N–H and O–H groups in total. The normalized spacial score (nSPS) is 11.9. The number of rotatable bonds is 6. The molecule has 0 unspecified atom stereocenters. The summed E-state index contributed by atoms with van der Waals surface area (Å²) in [7, 11) is 0. The Hall–Kier alpha value is -4.59. The van der Waals surface area contributed by atoms with E-state index < -0.39 is 46.3 Å². The van der Waals surface area contributed by atoms with E-state index in [1.54, 1.807) is 6.92 Å². The minimum absolute atomic E-state index is 0.0174. The van der Waals surface area contributed by atoms with Crippen LogP contribution in [0.2, 0.25) is 0 Å². The summed E-state index contributed by atoms with van der Waals surface area (Å²) in [5, 5.41) is 12.9. The molecule has 0 saturated heterocycles. The van der Waals surface area contributed by atoms with Crippen molar-refractivity contribution in [3.8, 4) is 5.69 Å². The molecule has 196 valence electrons. The number of carbonyl (C=O) groups excluding carboxylic acids is 1. The van der Waals surface area contributed by atoms with Gasteiger partial charge in [0.25, 0.3) is 5.56 Å². The number of ether oxygens (including phenoxy) is 1. The Morgan fingerprint density at radius 2 is 1.89 bits per heavy atom. The van der Waals surface area contributed by atoms with Gasteiger partial charge in [-0.3, -0.25) is 4.79 Å². The van der Waals surface area contributed by atoms with E-state index in [1.807, 2.05) is 0 Å². The average Bonchev–Trinajstić information content (AvgIpc) is 3.57. The predicted octanol–water partition coefficient (Wildman–Crippen LogP) is 4.23. The lowest BCUT2D eigenvalue weighted by Gasteiger charge is -2.08. The number of aromatic nitrogens is 3. The predicted molar refractivity (Wildman–Crippen MR) is 129 cm³/mol. The van der Waals surface area contributed by atoms with Gasteiger partial charge in [-0.25, -0.2) is 19.0 Å². The summed E-state index contributed by atoms with van der Waals surface area (Å²) in [4.78, 5) is 53.2.